The Balaban J connectivity index is 2.17. The quantitative estimate of drug-likeness (QED) is 0.823. The molecule has 0 bridgehead atoms. The van der Waals surface area contributed by atoms with Crippen molar-refractivity contribution in [3.63, 3.8) is 0 Å². The maximum Gasteiger partial charge on any atom is 0.253 e. The van der Waals surface area contributed by atoms with E-state index in [4.69, 9.17) is 17.3 Å². The number of halogens is 1. The first-order valence-corrected chi connectivity index (χ1v) is 6.29. The summed E-state index contributed by atoms with van der Waals surface area (Å²) in [6, 6.07) is 5.36. The summed E-state index contributed by atoms with van der Waals surface area (Å²) >= 11 is 5.91. The average molecular weight is 253 g/mol. The maximum absolute atomic E-state index is 12.2. The van der Waals surface area contributed by atoms with Gasteiger partial charge in [0.1, 0.15) is 0 Å². The molecule has 1 aromatic carbocycles. The Labute approximate surface area is 107 Å². The lowest BCUT2D eigenvalue weighted by Crippen LogP contribution is -2.35. The molecular formula is C13H17ClN2O. The van der Waals surface area contributed by atoms with E-state index in [2.05, 4.69) is 0 Å². The Kier molecular flexibility index (Phi) is 3.57. The summed E-state index contributed by atoms with van der Waals surface area (Å²) < 4.78 is 0. The van der Waals surface area contributed by atoms with Crippen molar-refractivity contribution >= 4 is 23.2 Å². The lowest BCUT2D eigenvalue weighted by atomic mass is 10.1. The number of amides is 1. The van der Waals surface area contributed by atoms with Crippen LogP contribution in [0.25, 0.3) is 0 Å². The number of nitrogen functional groups attached to an aromatic ring is 1. The van der Waals surface area contributed by atoms with Crippen LogP contribution in [-0.2, 0) is 0 Å². The highest BCUT2D eigenvalue weighted by molar-refractivity contribution is 6.31. The van der Waals surface area contributed by atoms with Gasteiger partial charge in [-0.25, -0.2) is 0 Å². The van der Waals surface area contributed by atoms with E-state index in [0.717, 1.165) is 12.8 Å². The molecule has 17 heavy (non-hydrogen) atoms. The van der Waals surface area contributed by atoms with E-state index in [-0.39, 0.29) is 5.91 Å². The molecule has 0 unspecified atom stereocenters. The second kappa shape index (κ2) is 4.96. The molecule has 0 aliphatic heterocycles. The van der Waals surface area contributed by atoms with Gasteiger partial charge in [-0.2, -0.15) is 0 Å². The highest BCUT2D eigenvalue weighted by Crippen LogP contribution is 2.25. The summed E-state index contributed by atoms with van der Waals surface area (Å²) in [4.78, 5) is 14.1. The second-order valence-corrected chi connectivity index (χ2v) is 5.06. The zero-order valence-electron chi connectivity index (χ0n) is 9.95. The summed E-state index contributed by atoms with van der Waals surface area (Å²) in [5, 5.41) is 0.508. The number of hydrogen-bond donors (Lipinski definition) is 1. The highest BCUT2D eigenvalue weighted by Gasteiger charge is 2.24. The zero-order valence-corrected chi connectivity index (χ0v) is 10.7. The molecule has 0 atom stereocenters. The summed E-state index contributed by atoms with van der Waals surface area (Å²) in [7, 11) is 1.86. The number of nitrogens with zero attached hydrogens (tertiary/aromatic N) is 1. The highest BCUT2D eigenvalue weighted by atomic mass is 35.5. The number of carbonyl (C=O) groups excluding carboxylic acids is 1. The molecular weight excluding hydrogens is 236 g/mol. The molecule has 4 heteroatoms. The van der Waals surface area contributed by atoms with Gasteiger partial charge in [0.15, 0.2) is 0 Å². The van der Waals surface area contributed by atoms with Crippen LogP contribution in [0.4, 0.5) is 5.69 Å². The molecule has 1 aliphatic rings. The molecule has 1 fully saturated rings. The predicted octanol–water partition coefficient (Wildman–Crippen LogP) is 2.94. The first kappa shape index (κ1) is 12.2. The summed E-state index contributed by atoms with van der Waals surface area (Å²) in [6.45, 7) is 0. The molecule has 1 saturated carbocycles. The third-order valence-electron chi connectivity index (χ3n) is 3.36. The number of hydrogen-bond acceptors (Lipinski definition) is 2. The summed E-state index contributed by atoms with van der Waals surface area (Å²) in [5.74, 6) is 0.00565. The van der Waals surface area contributed by atoms with E-state index in [1.54, 1.807) is 18.2 Å². The summed E-state index contributed by atoms with van der Waals surface area (Å²) in [6.07, 6.45) is 4.61. The number of rotatable bonds is 2. The monoisotopic (exact) mass is 252 g/mol. The molecule has 3 nitrogen and oxygen atoms in total. The van der Waals surface area contributed by atoms with Crippen molar-refractivity contribution in [1.82, 2.24) is 4.90 Å². The Bertz CT molecular complexity index is 407. The van der Waals surface area contributed by atoms with Gasteiger partial charge in [-0.05, 0) is 31.0 Å². The van der Waals surface area contributed by atoms with Crippen LogP contribution < -0.4 is 5.73 Å². The Morgan fingerprint density at radius 3 is 2.59 bits per heavy atom. The van der Waals surface area contributed by atoms with Crippen LogP contribution in [-0.4, -0.2) is 23.9 Å². The van der Waals surface area contributed by atoms with Crippen molar-refractivity contribution in [2.75, 3.05) is 12.8 Å². The van der Waals surface area contributed by atoms with E-state index in [0.29, 0.717) is 22.3 Å². The molecule has 2 N–H and O–H groups in total. The molecule has 1 amide bonds. The molecule has 1 aliphatic carbocycles. The van der Waals surface area contributed by atoms with E-state index in [1.165, 1.54) is 12.8 Å². The molecule has 0 radical (unpaired) electrons. The normalized spacial score (nSPS) is 16.1. The van der Waals surface area contributed by atoms with Gasteiger partial charge in [0.25, 0.3) is 5.91 Å². The van der Waals surface area contributed by atoms with Crippen molar-refractivity contribution in [2.45, 2.75) is 31.7 Å². The zero-order chi connectivity index (χ0) is 12.4. The van der Waals surface area contributed by atoms with E-state index < -0.39 is 0 Å². The van der Waals surface area contributed by atoms with Crippen LogP contribution in [0.1, 0.15) is 36.0 Å². The van der Waals surface area contributed by atoms with Gasteiger partial charge in [0, 0.05) is 29.4 Å². The van der Waals surface area contributed by atoms with E-state index >= 15 is 0 Å². The van der Waals surface area contributed by atoms with Crippen LogP contribution in [0.3, 0.4) is 0 Å². The minimum Gasteiger partial charge on any atom is -0.399 e. The number of nitrogens with two attached hydrogens (primary N) is 1. The van der Waals surface area contributed by atoms with Crippen LogP contribution in [0.5, 0.6) is 0 Å². The van der Waals surface area contributed by atoms with Crippen LogP contribution in [0.2, 0.25) is 5.02 Å². The Hall–Kier alpha value is -1.22. The average Bonchev–Trinajstić information content (AvgIpc) is 2.79. The lowest BCUT2D eigenvalue weighted by Gasteiger charge is -2.24. The van der Waals surface area contributed by atoms with E-state index in [9.17, 15) is 4.79 Å². The van der Waals surface area contributed by atoms with Crippen molar-refractivity contribution in [2.24, 2.45) is 0 Å². The molecule has 1 aromatic rings. The predicted molar refractivity (Wildman–Crippen MR) is 70.2 cm³/mol. The van der Waals surface area contributed by atoms with Crippen molar-refractivity contribution in [3.8, 4) is 0 Å². The van der Waals surface area contributed by atoms with Gasteiger partial charge in [-0.3, -0.25) is 4.79 Å². The van der Waals surface area contributed by atoms with Crippen LogP contribution in [0.15, 0.2) is 18.2 Å². The number of carbonyl (C=O) groups is 1. The van der Waals surface area contributed by atoms with Gasteiger partial charge < -0.3 is 10.6 Å². The lowest BCUT2D eigenvalue weighted by molar-refractivity contribution is 0.0735. The fraction of sp³-hybridized carbons (Fsp3) is 0.462. The molecule has 0 aromatic heterocycles. The molecule has 92 valence electrons. The van der Waals surface area contributed by atoms with Gasteiger partial charge in [0.05, 0.1) is 0 Å². The number of anilines is 1. The fourth-order valence-corrected chi connectivity index (χ4v) is 2.64. The molecule has 0 spiro atoms. The molecule has 0 saturated heterocycles. The largest absolute Gasteiger partial charge is 0.399 e. The van der Waals surface area contributed by atoms with Crippen LogP contribution >= 0.6 is 11.6 Å². The van der Waals surface area contributed by atoms with Crippen LogP contribution in [0, 0.1) is 0 Å². The van der Waals surface area contributed by atoms with Crippen molar-refractivity contribution < 1.29 is 4.79 Å². The van der Waals surface area contributed by atoms with Crippen molar-refractivity contribution in [3.05, 3.63) is 28.8 Å². The van der Waals surface area contributed by atoms with Gasteiger partial charge in [0.2, 0.25) is 0 Å². The SMILES string of the molecule is CN(C(=O)c1cc(N)cc(Cl)c1)C1CCCC1. The standard InChI is InChI=1S/C13H17ClN2O/c1-16(12-4-2-3-5-12)13(17)9-6-10(14)8-11(15)7-9/h6-8,12H,2-5,15H2,1H3. The van der Waals surface area contributed by atoms with Crippen molar-refractivity contribution in [1.29, 1.82) is 0 Å². The first-order chi connectivity index (χ1) is 8.08. The smallest absolute Gasteiger partial charge is 0.253 e. The number of benzene rings is 1. The summed E-state index contributed by atoms with van der Waals surface area (Å²) in [5.41, 5.74) is 6.80. The third kappa shape index (κ3) is 2.72. The molecule has 0 heterocycles. The minimum absolute atomic E-state index is 0.00565. The second-order valence-electron chi connectivity index (χ2n) is 4.63. The first-order valence-electron chi connectivity index (χ1n) is 5.91. The minimum atomic E-state index is 0.00565. The van der Waals surface area contributed by atoms with Gasteiger partial charge >= 0.3 is 0 Å². The third-order valence-corrected chi connectivity index (χ3v) is 3.58. The Morgan fingerprint density at radius 1 is 1.35 bits per heavy atom. The van der Waals surface area contributed by atoms with Gasteiger partial charge in [-0.15, -0.1) is 0 Å². The maximum atomic E-state index is 12.2. The molecule has 2 rings (SSSR count). The van der Waals surface area contributed by atoms with E-state index in [1.807, 2.05) is 11.9 Å². The van der Waals surface area contributed by atoms with Gasteiger partial charge in [-0.1, -0.05) is 24.4 Å². The topological polar surface area (TPSA) is 46.3 Å². The fourth-order valence-electron chi connectivity index (χ4n) is 2.40. The Morgan fingerprint density at radius 2 is 2.00 bits per heavy atom.